The van der Waals surface area contributed by atoms with E-state index in [1.807, 2.05) is 12.1 Å². The van der Waals surface area contributed by atoms with Crippen molar-refractivity contribution in [1.29, 1.82) is 0 Å². The first-order valence-electron chi connectivity index (χ1n) is 3.91. The van der Waals surface area contributed by atoms with Gasteiger partial charge >= 0.3 is 0 Å². The van der Waals surface area contributed by atoms with E-state index in [2.05, 4.69) is 20.2 Å². The summed E-state index contributed by atoms with van der Waals surface area (Å²) in [5.74, 6) is 0.733. The lowest BCUT2D eigenvalue weighted by Gasteiger charge is -1.98. The van der Waals surface area contributed by atoms with E-state index >= 15 is 0 Å². The Labute approximate surface area is 75.0 Å². The third-order valence-electron chi connectivity index (χ3n) is 1.71. The van der Waals surface area contributed by atoms with Crippen molar-refractivity contribution in [2.45, 2.75) is 6.54 Å². The number of rotatable bonds is 2. The van der Waals surface area contributed by atoms with E-state index in [1.165, 1.54) is 6.33 Å². The zero-order chi connectivity index (χ0) is 9.10. The van der Waals surface area contributed by atoms with Gasteiger partial charge in [-0.25, -0.2) is 4.98 Å². The number of H-pyrrole nitrogens is 1. The molecule has 0 fully saturated rings. The number of nitrogens with zero attached hydrogens (tertiary/aromatic N) is 3. The fraction of sp³-hybridized carbons (Fsp3) is 0.125. The Balaban J connectivity index is 2.41. The Kier molecular flexibility index (Phi) is 2.01. The van der Waals surface area contributed by atoms with E-state index in [4.69, 9.17) is 5.73 Å². The predicted molar refractivity (Wildman–Crippen MR) is 47.5 cm³/mol. The lowest BCUT2D eigenvalue weighted by molar-refractivity contribution is 0.989. The second-order valence-electron chi connectivity index (χ2n) is 2.57. The zero-order valence-electron chi connectivity index (χ0n) is 6.94. The standard InChI is InChI=1S/C8H9N5/c9-4-7-3-6(1-2-10-7)8-11-5-12-13-8/h1-3,5H,4,9H2,(H,11,12,13). The molecule has 0 saturated heterocycles. The summed E-state index contributed by atoms with van der Waals surface area (Å²) in [6, 6.07) is 3.75. The van der Waals surface area contributed by atoms with Gasteiger partial charge in [-0.15, -0.1) is 0 Å². The Hall–Kier alpha value is -1.75. The number of aromatic amines is 1. The highest BCUT2D eigenvalue weighted by Gasteiger charge is 2.00. The molecule has 2 aromatic heterocycles. The van der Waals surface area contributed by atoms with Crippen LogP contribution in [0.4, 0.5) is 0 Å². The van der Waals surface area contributed by atoms with Gasteiger partial charge in [-0.3, -0.25) is 10.1 Å². The minimum absolute atomic E-state index is 0.433. The van der Waals surface area contributed by atoms with Crippen LogP contribution in [0, 0.1) is 0 Å². The topological polar surface area (TPSA) is 80.5 Å². The molecule has 0 amide bonds. The fourth-order valence-corrected chi connectivity index (χ4v) is 1.08. The average Bonchev–Trinajstić information content (AvgIpc) is 2.71. The van der Waals surface area contributed by atoms with E-state index in [1.54, 1.807) is 6.20 Å². The third-order valence-corrected chi connectivity index (χ3v) is 1.71. The maximum Gasteiger partial charge on any atom is 0.155 e. The first kappa shape index (κ1) is 7.88. The van der Waals surface area contributed by atoms with Gasteiger partial charge in [0.2, 0.25) is 0 Å². The van der Waals surface area contributed by atoms with Crippen LogP contribution in [0.5, 0.6) is 0 Å². The highest BCUT2D eigenvalue weighted by molar-refractivity contribution is 5.53. The molecule has 5 heteroatoms. The van der Waals surface area contributed by atoms with Crippen molar-refractivity contribution in [2.24, 2.45) is 5.73 Å². The maximum atomic E-state index is 5.46. The van der Waals surface area contributed by atoms with Crippen LogP contribution in [0.25, 0.3) is 11.4 Å². The van der Waals surface area contributed by atoms with Gasteiger partial charge in [0.05, 0.1) is 5.69 Å². The maximum absolute atomic E-state index is 5.46. The van der Waals surface area contributed by atoms with Crippen LogP contribution in [0.1, 0.15) is 5.69 Å². The van der Waals surface area contributed by atoms with Crippen LogP contribution >= 0.6 is 0 Å². The second kappa shape index (κ2) is 3.32. The number of nitrogens with one attached hydrogen (secondary N) is 1. The molecule has 0 aliphatic heterocycles. The van der Waals surface area contributed by atoms with Crippen molar-refractivity contribution in [1.82, 2.24) is 20.2 Å². The van der Waals surface area contributed by atoms with Gasteiger partial charge in [0.15, 0.2) is 5.82 Å². The molecule has 13 heavy (non-hydrogen) atoms. The smallest absolute Gasteiger partial charge is 0.155 e. The van der Waals surface area contributed by atoms with E-state index in [9.17, 15) is 0 Å². The van der Waals surface area contributed by atoms with Crippen molar-refractivity contribution in [2.75, 3.05) is 0 Å². The number of hydrogen-bond acceptors (Lipinski definition) is 4. The van der Waals surface area contributed by atoms with Crippen LogP contribution in [0.3, 0.4) is 0 Å². The van der Waals surface area contributed by atoms with Crippen LogP contribution in [0.15, 0.2) is 24.7 Å². The molecule has 0 bridgehead atoms. The fourth-order valence-electron chi connectivity index (χ4n) is 1.08. The molecule has 0 saturated carbocycles. The molecule has 66 valence electrons. The molecule has 2 aromatic rings. The Bertz CT molecular complexity index is 381. The highest BCUT2D eigenvalue weighted by Crippen LogP contribution is 2.12. The molecule has 0 atom stereocenters. The SMILES string of the molecule is NCc1cc(-c2ncn[nH]2)ccn1. The molecule has 5 nitrogen and oxygen atoms in total. The van der Waals surface area contributed by atoms with E-state index < -0.39 is 0 Å². The largest absolute Gasteiger partial charge is 0.325 e. The number of nitrogens with two attached hydrogens (primary N) is 1. The molecule has 2 rings (SSSR count). The van der Waals surface area contributed by atoms with Gasteiger partial charge in [0, 0.05) is 18.3 Å². The summed E-state index contributed by atoms with van der Waals surface area (Å²) in [5.41, 5.74) is 7.26. The molecule has 0 aliphatic carbocycles. The molecule has 0 unspecified atom stereocenters. The first-order valence-corrected chi connectivity index (χ1v) is 3.91. The first-order chi connectivity index (χ1) is 6.40. The lowest BCUT2D eigenvalue weighted by Crippen LogP contribution is -1.99. The highest BCUT2D eigenvalue weighted by atomic mass is 15.2. The van der Waals surface area contributed by atoms with Gasteiger partial charge < -0.3 is 5.73 Å². The Morgan fingerprint density at radius 1 is 1.38 bits per heavy atom. The summed E-state index contributed by atoms with van der Waals surface area (Å²) in [7, 11) is 0. The van der Waals surface area contributed by atoms with E-state index in [0.29, 0.717) is 6.54 Å². The zero-order valence-corrected chi connectivity index (χ0v) is 6.94. The van der Waals surface area contributed by atoms with Gasteiger partial charge in [-0.1, -0.05) is 0 Å². The van der Waals surface area contributed by atoms with Gasteiger partial charge in [-0.2, -0.15) is 5.10 Å². The Morgan fingerprint density at radius 2 is 2.31 bits per heavy atom. The molecule has 0 aliphatic rings. The van der Waals surface area contributed by atoms with Gasteiger partial charge in [0.25, 0.3) is 0 Å². The minimum atomic E-state index is 0.433. The molecule has 3 N–H and O–H groups in total. The average molecular weight is 175 g/mol. The number of pyridine rings is 1. The normalized spacial score (nSPS) is 10.2. The van der Waals surface area contributed by atoms with Gasteiger partial charge in [0.1, 0.15) is 6.33 Å². The van der Waals surface area contributed by atoms with Gasteiger partial charge in [-0.05, 0) is 12.1 Å². The number of aromatic nitrogens is 4. The third kappa shape index (κ3) is 1.54. The summed E-state index contributed by atoms with van der Waals surface area (Å²) >= 11 is 0. The quantitative estimate of drug-likeness (QED) is 0.689. The van der Waals surface area contributed by atoms with Crippen molar-refractivity contribution < 1.29 is 0 Å². The molecule has 0 aromatic carbocycles. The molecule has 0 radical (unpaired) electrons. The van der Waals surface area contributed by atoms with E-state index in [-0.39, 0.29) is 0 Å². The van der Waals surface area contributed by atoms with Crippen molar-refractivity contribution in [3.63, 3.8) is 0 Å². The molecular weight excluding hydrogens is 166 g/mol. The monoisotopic (exact) mass is 175 g/mol. The lowest BCUT2D eigenvalue weighted by atomic mass is 10.2. The summed E-state index contributed by atoms with van der Waals surface area (Å²) in [4.78, 5) is 8.11. The summed E-state index contributed by atoms with van der Waals surface area (Å²) < 4.78 is 0. The van der Waals surface area contributed by atoms with Crippen LogP contribution in [-0.2, 0) is 6.54 Å². The van der Waals surface area contributed by atoms with Crippen LogP contribution in [-0.4, -0.2) is 20.2 Å². The summed E-state index contributed by atoms with van der Waals surface area (Å²) in [5, 5.41) is 6.54. The van der Waals surface area contributed by atoms with Crippen LogP contribution in [0.2, 0.25) is 0 Å². The predicted octanol–water partition coefficient (Wildman–Crippen LogP) is 0.325. The van der Waals surface area contributed by atoms with Crippen molar-refractivity contribution in [3.8, 4) is 11.4 Å². The van der Waals surface area contributed by atoms with Crippen LogP contribution < -0.4 is 5.73 Å². The van der Waals surface area contributed by atoms with E-state index in [0.717, 1.165) is 17.1 Å². The second-order valence-corrected chi connectivity index (χ2v) is 2.57. The number of hydrogen-bond donors (Lipinski definition) is 2. The van der Waals surface area contributed by atoms with Crippen molar-refractivity contribution >= 4 is 0 Å². The minimum Gasteiger partial charge on any atom is -0.325 e. The molecule has 0 spiro atoms. The summed E-state index contributed by atoms with van der Waals surface area (Å²) in [6.07, 6.45) is 3.18. The Morgan fingerprint density at radius 3 is 3.00 bits per heavy atom. The van der Waals surface area contributed by atoms with Crippen molar-refractivity contribution in [3.05, 3.63) is 30.4 Å². The molecule has 2 heterocycles. The summed E-state index contributed by atoms with van der Waals surface area (Å²) in [6.45, 7) is 0.433. The molecular formula is C8H9N5.